The van der Waals surface area contributed by atoms with Crippen molar-refractivity contribution in [2.24, 2.45) is 0 Å². The number of nitrogens with one attached hydrogen (secondary N) is 2. The molecule has 0 radical (unpaired) electrons. The summed E-state index contributed by atoms with van der Waals surface area (Å²) < 4.78 is 2.29. The summed E-state index contributed by atoms with van der Waals surface area (Å²) in [5, 5.41) is 3.52. The molecular formula is C25H25N5O2. The number of aryl methyl sites for hydroxylation is 2. The van der Waals surface area contributed by atoms with Crippen molar-refractivity contribution in [2.45, 2.75) is 45.1 Å². The number of anilines is 1. The molecule has 0 saturated heterocycles. The van der Waals surface area contributed by atoms with Crippen molar-refractivity contribution in [1.82, 2.24) is 19.5 Å². The first kappa shape index (κ1) is 20.2. The Hall–Kier alpha value is -3.74. The van der Waals surface area contributed by atoms with Crippen LogP contribution in [0.25, 0.3) is 22.3 Å². The van der Waals surface area contributed by atoms with Crippen LogP contribution >= 0.6 is 0 Å². The standard InChI is InChI=1S/C25H25N5O2/c31-23(10-5-9-22-28-21-8-2-1-7-20(21)25(32)29-22)27-18-13-11-17(12-14-18)24-26-16-19-6-3-4-15-30(19)24/h1-2,7-8,11-14,16H,3-6,9-10,15H2,(H,27,31)(H,28,29,32). The van der Waals surface area contributed by atoms with E-state index in [9.17, 15) is 9.59 Å². The first-order valence-electron chi connectivity index (χ1n) is 11.1. The third-order valence-corrected chi connectivity index (χ3v) is 5.91. The van der Waals surface area contributed by atoms with Crippen LogP contribution in [0.5, 0.6) is 0 Å². The molecule has 2 N–H and O–H groups in total. The molecular weight excluding hydrogens is 402 g/mol. The van der Waals surface area contributed by atoms with E-state index in [1.165, 1.54) is 18.5 Å². The normalized spacial score (nSPS) is 13.1. The summed E-state index contributed by atoms with van der Waals surface area (Å²) in [6.07, 6.45) is 6.97. The molecule has 4 aromatic rings. The van der Waals surface area contributed by atoms with Crippen LogP contribution in [0.2, 0.25) is 0 Å². The monoisotopic (exact) mass is 427 g/mol. The molecule has 1 aliphatic heterocycles. The zero-order chi connectivity index (χ0) is 21.9. The second kappa shape index (κ2) is 8.78. The van der Waals surface area contributed by atoms with Gasteiger partial charge in [0.05, 0.1) is 10.9 Å². The van der Waals surface area contributed by atoms with E-state index in [-0.39, 0.29) is 11.5 Å². The maximum atomic E-state index is 12.4. The fourth-order valence-corrected chi connectivity index (χ4v) is 4.26. The molecule has 0 fully saturated rings. The molecule has 2 aromatic heterocycles. The minimum atomic E-state index is -0.145. The number of imidazole rings is 1. The van der Waals surface area contributed by atoms with E-state index in [0.717, 1.165) is 30.0 Å². The maximum absolute atomic E-state index is 12.4. The van der Waals surface area contributed by atoms with Gasteiger partial charge in [0.2, 0.25) is 5.91 Å². The summed E-state index contributed by atoms with van der Waals surface area (Å²) in [6.45, 7) is 1.01. The van der Waals surface area contributed by atoms with Crippen LogP contribution in [0.15, 0.2) is 59.5 Å². The van der Waals surface area contributed by atoms with E-state index in [4.69, 9.17) is 0 Å². The highest BCUT2D eigenvalue weighted by molar-refractivity contribution is 5.90. The first-order valence-corrected chi connectivity index (χ1v) is 11.1. The number of carbonyl (C=O) groups excluding carboxylic acids is 1. The molecule has 32 heavy (non-hydrogen) atoms. The van der Waals surface area contributed by atoms with Gasteiger partial charge in [-0.2, -0.15) is 0 Å². The highest BCUT2D eigenvalue weighted by Gasteiger charge is 2.15. The number of hydrogen-bond donors (Lipinski definition) is 2. The van der Waals surface area contributed by atoms with Crippen LogP contribution in [0, 0.1) is 0 Å². The summed E-state index contributed by atoms with van der Waals surface area (Å²) in [4.78, 5) is 36.4. The van der Waals surface area contributed by atoms with E-state index in [1.54, 1.807) is 6.07 Å². The van der Waals surface area contributed by atoms with Crippen LogP contribution in [0.1, 0.15) is 37.2 Å². The molecule has 0 aliphatic carbocycles. The third-order valence-electron chi connectivity index (χ3n) is 5.91. The van der Waals surface area contributed by atoms with Crippen molar-refractivity contribution in [2.75, 3.05) is 5.32 Å². The number of aromatic nitrogens is 4. The van der Waals surface area contributed by atoms with Crippen LogP contribution in [0.4, 0.5) is 5.69 Å². The average Bonchev–Trinajstić information content (AvgIpc) is 3.24. The molecule has 0 saturated carbocycles. The van der Waals surface area contributed by atoms with Gasteiger partial charge in [-0.15, -0.1) is 0 Å². The molecule has 7 heteroatoms. The van der Waals surface area contributed by atoms with E-state index in [2.05, 4.69) is 24.8 Å². The number of fused-ring (bicyclic) bond motifs is 2. The summed E-state index contributed by atoms with van der Waals surface area (Å²) in [7, 11) is 0. The van der Waals surface area contributed by atoms with Gasteiger partial charge < -0.3 is 14.9 Å². The van der Waals surface area contributed by atoms with Crippen LogP contribution in [-0.4, -0.2) is 25.4 Å². The zero-order valence-corrected chi connectivity index (χ0v) is 17.8. The minimum Gasteiger partial charge on any atom is -0.328 e. The Kier molecular flexibility index (Phi) is 5.54. The van der Waals surface area contributed by atoms with Crippen LogP contribution in [0.3, 0.4) is 0 Å². The second-order valence-electron chi connectivity index (χ2n) is 8.19. The highest BCUT2D eigenvalue weighted by atomic mass is 16.1. The number of benzene rings is 2. The molecule has 0 atom stereocenters. The van der Waals surface area contributed by atoms with Crippen molar-refractivity contribution in [3.8, 4) is 11.4 Å². The van der Waals surface area contributed by atoms with Gasteiger partial charge in [0, 0.05) is 42.5 Å². The fourth-order valence-electron chi connectivity index (χ4n) is 4.26. The molecule has 162 valence electrons. The molecule has 5 rings (SSSR count). The fraction of sp³-hybridized carbons (Fsp3) is 0.280. The minimum absolute atomic E-state index is 0.0564. The van der Waals surface area contributed by atoms with Gasteiger partial charge >= 0.3 is 0 Å². The quantitative estimate of drug-likeness (QED) is 0.485. The lowest BCUT2D eigenvalue weighted by Crippen LogP contribution is -2.14. The van der Waals surface area contributed by atoms with Crippen molar-refractivity contribution in [3.05, 3.63) is 76.6 Å². The lowest BCUT2D eigenvalue weighted by molar-refractivity contribution is -0.116. The zero-order valence-electron chi connectivity index (χ0n) is 17.8. The largest absolute Gasteiger partial charge is 0.328 e. The summed E-state index contributed by atoms with van der Waals surface area (Å²) in [6, 6.07) is 15.1. The molecule has 3 heterocycles. The molecule has 0 bridgehead atoms. The van der Waals surface area contributed by atoms with Gasteiger partial charge in [0.15, 0.2) is 0 Å². The Labute approximate surface area is 185 Å². The van der Waals surface area contributed by atoms with Gasteiger partial charge in [-0.25, -0.2) is 9.97 Å². The Bertz CT molecular complexity index is 1320. The van der Waals surface area contributed by atoms with Crippen molar-refractivity contribution in [3.63, 3.8) is 0 Å². The summed E-state index contributed by atoms with van der Waals surface area (Å²) >= 11 is 0. The SMILES string of the molecule is O=C(CCCc1nc2ccccc2c(=O)[nH]1)Nc1ccc(-c2ncc3n2CCCC3)cc1. The first-order chi connectivity index (χ1) is 15.7. The summed E-state index contributed by atoms with van der Waals surface area (Å²) in [5.74, 6) is 1.54. The van der Waals surface area contributed by atoms with E-state index >= 15 is 0 Å². The number of aromatic amines is 1. The molecule has 0 unspecified atom stereocenters. The Morgan fingerprint density at radius 2 is 1.94 bits per heavy atom. The van der Waals surface area contributed by atoms with Gasteiger partial charge in [0.25, 0.3) is 5.56 Å². The number of carbonyl (C=O) groups is 1. The number of para-hydroxylation sites is 1. The van der Waals surface area contributed by atoms with E-state index in [1.807, 2.05) is 48.7 Å². The van der Waals surface area contributed by atoms with Crippen molar-refractivity contribution >= 4 is 22.5 Å². The van der Waals surface area contributed by atoms with Gasteiger partial charge in [-0.3, -0.25) is 9.59 Å². The average molecular weight is 428 g/mol. The topological polar surface area (TPSA) is 92.7 Å². The molecule has 7 nitrogen and oxygen atoms in total. The second-order valence-corrected chi connectivity index (χ2v) is 8.19. The highest BCUT2D eigenvalue weighted by Crippen LogP contribution is 2.25. The van der Waals surface area contributed by atoms with Gasteiger partial charge in [-0.1, -0.05) is 12.1 Å². The lowest BCUT2D eigenvalue weighted by Gasteiger charge is -2.16. The predicted molar refractivity (Wildman–Crippen MR) is 125 cm³/mol. The number of amides is 1. The molecule has 0 spiro atoms. The maximum Gasteiger partial charge on any atom is 0.258 e. The van der Waals surface area contributed by atoms with E-state index < -0.39 is 0 Å². The molecule has 2 aromatic carbocycles. The van der Waals surface area contributed by atoms with Crippen molar-refractivity contribution in [1.29, 1.82) is 0 Å². The van der Waals surface area contributed by atoms with E-state index in [0.29, 0.717) is 36.0 Å². The van der Waals surface area contributed by atoms with Crippen molar-refractivity contribution < 1.29 is 4.79 Å². The third kappa shape index (κ3) is 4.19. The van der Waals surface area contributed by atoms with Gasteiger partial charge in [-0.05, 0) is 62.1 Å². The van der Waals surface area contributed by atoms with Crippen LogP contribution < -0.4 is 10.9 Å². The predicted octanol–water partition coefficient (Wildman–Crippen LogP) is 4.08. The van der Waals surface area contributed by atoms with Gasteiger partial charge in [0.1, 0.15) is 11.6 Å². The molecule has 1 amide bonds. The number of H-pyrrole nitrogens is 1. The summed E-state index contributed by atoms with van der Waals surface area (Å²) in [5.41, 5.74) is 3.65. The Morgan fingerprint density at radius 1 is 1.09 bits per heavy atom. The molecule has 1 aliphatic rings. The number of hydrogen-bond acceptors (Lipinski definition) is 4. The smallest absolute Gasteiger partial charge is 0.258 e. The van der Waals surface area contributed by atoms with Crippen LogP contribution in [-0.2, 0) is 24.2 Å². The Balaban J connectivity index is 1.17. The number of nitrogens with zero attached hydrogens (tertiary/aromatic N) is 3. The number of rotatable bonds is 6. The lowest BCUT2D eigenvalue weighted by atomic mass is 10.1. The Morgan fingerprint density at radius 3 is 2.81 bits per heavy atom.